The van der Waals surface area contributed by atoms with Crippen LogP contribution in [0.1, 0.15) is 41.3 Å². The quantitative estimate of drug-likeness (QED) is 0.292. The third-order valence-electron chi connectivity index (χ3n) is 4.81. The number of hydrogen-bond donors (Lipinski definition) is 3. The second-order valence-corrected chi connectivity index (χ2v) is 9.32. The number of thiocarbonyl (C=S) groups is 1. The van der Waals surface area contributed by atoms with Crippen LogP contribution in [-0.4, -0.2) is 23.5 Å². The van der Waals surface area contributed by atoms with E-state index in [1.165, 1.54) is 0 Å². The first-order valence-corrected chi connectivity index (χ1v) is 12.0. The van der Waals surface area contributed by atoms with Crippen molar-refractivity contribution in [1.29, 1.82) is 0 Å². The van der Waals surface area contributed by atoms with Crippen molar-refractivity contribution in [2.75, 3.05) is 6.61 Å². The summed E-state index contributed by atoms with van der Waals surface area (Å²) in [4.78, 5) is 25.9. The molecule has 0 atom stereocenters. The van der Waals surface area contributed by atoms with E-state index in [0.717, 1.165) is 15.6 Å². The molecule has 3 N–H and O–H groups in total. The van der Waals surface area contributed by atoms with E-state index in [2.05, 4.69) is 32.1 Å². The molecule has 0 fully saturated rings. The number of carbonyl (C=O) groups is 2. The number of ether oxygens (including phenoxy) is 1. The average molecular weight is 540 g/mol. The molecule has 2 amide bonds. The molecule has 0 aliphatic carbocycles. The summed E-state index contributed by atoms with van der Waals surface area (Å²) in [7, 11) is 0. The largest absolute Gasteiger partial charge is 0.492 e. The number of halogens is 1. The van der Waals surface area contributed by atoms with Crippen LogP contribution >= 0.6 is 28.1 Å². The van der Waals surface area contributed by atoms with Crippen molar-refractivity contribution in [2.24, 2.45) is 5.92 Å². The van der Waals surface area contributed by atoms with Gasteiger partial charge in [0, 0.05) is 4.47 Å². The predicted molar refractivity (Wildman–Crippen MR) is 141 cm³/mol. The number of hydrazine groups is 1. The summed E-state index contributed by atoms with van der Waals surface area (Å²) in [5.41, 5.74) is 7.26. The van der Waals surface area contributed by atoms with E-state index in [9.17, 15) is 9.59 Å². The molecule has 0 unspecified atom stereocenters. The number of rotatable bonds is 7. The minimum Gasteiger partial charge on any atom is -0.492 e. The molecule has 0 aliphatic rings. The Morgan fingerprint density at radius 2 is 1.50 bits per heavy atom. The van der Waals surface area contributed by atoms with Gasteiger partial charge in [0.2, 0.25) is 5.91 Å². The SMILES string of the molecule is CC(C)COc1ccc(Br)cc1C(=O)NC(=S)NNC(=O)C(c1ccccc1)c1ccccc1. The lowest BCUT2D eigenvalue weighted by atomic mass is 9.91. The molecule has 0 radical (unpaired) electrons. The molecule has 6 nitrogen and oxygen atoms in total. The number of hydrogen-bond acceptors (Lipinski definition) is 4. The Morgan fingerprint density at radius 1 is 0.912 bits per heavy atom. The van der Waals surface area contributed by atoms with Gasteiger partial charge in [-0.2, -0.15) is 0 Å². The Labute approximate surface area is 213 Å². The van der Waals surface area contributed by atoms with Gasteiger partial charge in [0.25, 0.3) is 5.91 Å². The lowest BCUT2D eigenvalue weighted by molar-refractivity contribution is -0.122. The van der Waals surface area contributed by atoms with E-state index in [1.807, 2.05) is 74.5 Å². The molecule has 0 bridgehead atoms. The van der Waals surface area contributed by atoms with Crippen LogP contribution in [0.3, 0.4) is 0 Å². The van der Waals surface area contributed by atoms with Gasteiger partial charge in [-0.3, -0.25) is 25.8 Å². The third-order valence-corrected chi connectivity index (χ3v) is 5.51. The highest BCUT2D eigenvalue weighted by Crippen LogP contribution is 2.25. The maximum Gasteiger partial charge on any atom is 0.261 e. The van der Waals surface area contributed by atoms with Crippen molar-refractivity contribution in [3.63, 3.8) is 0 Å². The van der Waals surface area contributed by atoms with Gasteiger partial charge in [-0.25, -0.2) is 0 Å². The zero-order valence-electron chi connectivity index (χ0n) is 18.9. The number of nitrogens with one attached hydrogen (secondary N) is 3. The maximum absolute atomic E-state index is 13.1. The van der Waals surface area contributed by atoms with E-state index in [0.29, 0.717) is 23.8 Å². The Hall–Kier alpha value is -3.23. The summed E-state index contributed by atoms with van der Waals surface area (Å²) in [6.07, 6.45) is 0. The topological polar surface area (TPSA) is 79.5 Å². The molecule has 176 valence electrons. The fraction of sp³-hybridized carbons (Fsp3) is 0.192. The van der Waals surface area contributed by atoms with Crippen LogP contribution in [0, 0.1) is 5.92 Å². The number of carbonyl (C=O) groups excluding carboxylic acids is 2. The van der Waals surface area contributed by atoms with Crippen LogP contribution < -0.4 is 20.9 Å². The predicted octanol–water partition coefficient (Wildman–Crippen LogP) is 4.95. The van der Waals surface area contributed by atoms with Crippen LogP contribution in [0.2, 0.25) is 0 Å². The van der Waals surface area contributed by atoms with Crippen molar-refractivity contribution < 1.29 is 14.3 Å². The fourth-order valence-corrected chi connectivity index (χ4v) is 3.75. The summed E-state index contributed by atoms with van der Waals surface area (Å²) >= 11 is 8.62. The minimum absolute atomic E-state index is 0.0343. The lowest BCUT2D eigenvalue weighted by Gasteiger charge is -2.19. The van der Waals surface area contributed by atoms with Crippen LogP contribution in [0.25, 0.3) is 0 Å². The van der Waals surface area contributed by atoms with Gasteiger partial charge in [0.1, 0.15) is 5.75 Å². The highest BCUT2D eigenvalue weighted by atomic mass is 79.9. The second kappa shape index (κ2) is 12.3. The normalized spacial score (nSPS) is 10.6. The molecular formula is C26H26BrN3O3S. The van der Waals surface area contributed by atoms with Crippen LogP contribution in [0.4, 0.5) is 0 Å². The molecule has 0 spiro atoms. The van der Waals surface area contributed by atoms with Crippen molar-refractivity contribution in [1.82, 2.24) is 16.2 Å². The Bertz CT molecular complexity index is 1100. The number of amides is 2. The van der Waals surface area contributed by atoms with Gasteiger partial charge >= 0.3 is 0 Å². The van der Waals surface area contributed by atoms with Crippen molar-refractivity contribution in [3.8, 4) is 5.75 Å². The zero-order chi connectivity index (χ0) is 24.5. The first-order chi connectivity index (χ1) is 16.3. The van der Waals surface area contributed by atoms with Crippen molar-refractivity contribution >= 4 is 45.1 Å². The standard InChI is InChI=1S/C26H26BrN3O3S/c1-17(2)16-33-22-14-13-20(27)15-21(22)24(31)28-26(34)30-29-25(32)23(18-9-5-3-6-10-18)19-11-7-4-8-12-19/h3-15,17,23H,16H2,1-2H3,(H,29,32)(H2,28,30,31,34). The smallest absolute Gasteiger partial charge is 0.261 e. The summed E-state index contributed by atoms with van der Waals surface area (Å²) < 4.78 is 6.50. The van der Waals surface area contributed by atoms with E-state index in [4.69, 9.17) is 17.0 Å². The van der Waals surface area contributed by atoms with Gasteiger partial charge in [-0.15, -0.1) is 0 Å². The van der Waals surface area contributed by atoms with E-state index in [1.54, 1.807) is 18.2 Å². The van der Waals surface area contributed by atoms with Gasteiger partial charge in [0.05, 0.1) is 18.1 Å². The minimum atomic E-state index is -0.547. The first kappa shape index (κ1) is 25.4. The molecule has 8 heteroatoms. The lowest BCUT2D eigenvalue weighted by Crippen LogP contribution is -2.49. The van der Waals surface area contributed by atoms with Gasteiger partial charge in [0.15, 0.2) is 5.11 Å². The molecule has 3 aromatic rings. The van der Waals surface area contributed by atoms with Crippen LogP contribution in [-0.2, 0) is 4.79 Å². The molecule has 0 saturated carbocycles. The third kappa shape index (κ3) is 7.13. The molecule has 34 heavy (non-hydrogen) atoms. The van der Waals surface area contributed by atoms with Gasteiger partial charge in [-0.1, -0.05) is 90.4 Å². The summed E-state index contributed by atoms with van der Waals surface area (Å²) in [5, 5.41) is 2.56. The maximum atomic E-state index is 13.1. The average Bonchev–Trinajstić information content (AvgIpc) is 2.83. The molecule has 0 aliphatic heterocycles. The molecule has 3 rings (SSSR count). The monoisotopic (exact) mass is 539 g/mol. The highest BCUT2D eigenvalue weighted by molar-refractivity contribution is 9.10. The Balaban J connectivity index is 1.66. The molecule has 0 aromatic heterocycles. The van der Waals surface area contributed by atoms with E-state index < -0.39 is 11.8 Å². The molecular weight excluding hydrogens is 514 g/mol. The van der Waals surface area contributed by atoms with E-state index in [-0.39, 0.29) is 11.0 Å². The van der Waals surface area contributed by atoms with E-state index >= 15 is 0 Å². The number of benzene rings is 3. The molecule has 0 saturated heterocycles. The van der Waals surface area contributed by atoms with Gasteiger partial charge < -0.3 is 4.74 Å². The first-order valence-electron chi connectivity index (χ1n) is 10.8. The Morgan fingerprint density at radius 3 is 2.06 bits per heavy atom. The van der Waals surface area contributed by atoms with Crippen molar-refractivity contribution in [3.05, 3.63) is 100 Å². The zero-order valence-corrected chi connectivity index (χ0v) is 21.3. The summed E-state index contributed by atoms with van der Waals surface area (Å²) in [6, 6.07) is 24.1. The van der Waals surface area contributed by atoms with Crippen LogP contribution in [0.15, 0.2) is 83.3 Å². The Kier molecular flexibility index (Phi) is 9.18. The fourth-order valence-electron chi connectivity index (χ4n) is 3.24. The van der Waals surface area contributed by atoms with Crippen molar-refractivity contribution in [2.45, 2.75) is 19.8 Å². The molecule has 0 heterocycles. The second-order valence-electron chi connectivity index (χ2n) is 8.00. The summed E-state index contributed by atoms with van der Waals surface area (Å²) in [6.45, 7) is 4.53. The van der Waals surface area contributed by atoms with Crippen LogP contribution in [0.5, 0.6) is 5.75 Å². The summed E-state index contributed by atoms with van der Waals surface area (Å²) in [5.74, 6) is -0.546. The molecule has 3 aromatic carbocycles. The highest BCUT2D eigenvalue weighted by Gasteiger charge is 2.23. The van der Waals surface area contributed by atoms with Gasteiger partial charge in [-0.05, 0) is 47.5 Å².